The topological polar surface area (TPSA) is 79.0 Å². The largest absolute Gasteiger partial charge is 0.497 e. The second-order valence-corrected chi connectivity index (χ2v) is 10.4. The smallest absolute Gasteiger partial charge is 0.294 e. The van der Waals surface area contributed by atoms with Gasteiger partial charge < -0.3 is 15.0 Å². The molecule has 0 saturated carbocycles. The number of fused-ring (bicyclic) bond motifs is 1. The van der Waals surface area contributed by atoms with E-state index in [4.69, 9.17) is 4.74 Å². The molecular weight excluding hydrogens is 469 g/mol. The number of thioether (sulfide) groups is 1. The molecule has 0 spiro atoms. The molecule has 9 heteroatoms. The number of nitrogens with zero attached hydrogens (tertiary/aromatic N) is 2. The Morgan fingerprint density at radius 1 is 1.26 bits per heavy atom. The van der Waals surface area contributed by atoms with Crippen molar-refractivity contribution >= 4 is 46.3 Å². The van der Waals surface area contributed by atoms with Gasteiger partial charge in [0.25, 0.3) is 11.1 Å². The van der Waals surface area contributed by atoms with Crippen molar-refractivity contribution in [2.24, 2.45) is 0 Å². The van der Waals surface area contributed by atoms with Crippen LogP contribution >= 0.6 is 11.8 Å². The van der Waals surface area contributed by atoms with Crippen LogP contribution in [-0.4, -0.2) is 48.2 Å². The first-order valence-corrected chi connectivity index (χ1v) is 12.1. The molecular formula is C26H28FN3O4S. The summed E-state index contributed by atoms with van der Waals surface area (Å²) in [5.74, 6) is -0.755. The zero-order valence-corrected chi connectivity index (χ0v) is 21.2. The van der Waals surface area contributed by atoms with E-state index in [1.807, 2.05) is 7.05 Å². The zero-order chi connectivity index (χ0) is 25.5. The van der Waals surface area contributed by atoms with Gasteiger partial charge in [-0.1, -0.05) is 6.92 Å². The maximum atomic E-state index is 15.0. The van der Waals surface area contributed by atoms with Crippen LogP contribution < -0.4 is 15.0 Å². The third-order valence-corrected chi connectivity index (χ3v) is 7.50. The molecule has 35 heavy (non-hydrogen) atoms. The normalized spacial score (nSPS) is 20.3. The summed E-state index contributed by atoms with van der Waals surface area (Å²) >= 11 is 0.702. The molecule has 0 radical (unpaired) electrons. The highest BCUT2D eigenvalue weighted by atomic mass is 32.2. The van der Waals surface area contributed by atoms with Gasteiger partial charge in [-0.3, -0.25) is 19.3 Å². The van der Waals surface area contributed by atoms with Crippen molar-refractivity contribution in [2.45, 2.75) is 38.6 Å². The second kappa shape index (κ2) is 9.37. The quantitative estimate of drug-likeness (QED) is 0.570. The van der Waals surface area contributed by atoms with Gasteiger partial charge in [-0.25, -0.2) is 4.39 Å². The zero-order valence-electron chi connectivity index (χ0n) is 20.3. The maximum absolute atomic E-state index is 15.0. The van der Waals surface area contributed by atoms with Crippen molar-refractivity contribution in [1.82, 2.24) is 4.90 Å². The Morgan fingerprint density at radius 3 is 2.60 bits per heavy atom. The number of carbonyl (C=O) groups excluding carboxylic acids is 3. The van der Waals surface area contributed by atoms with Gasteiger partial charge >= 0.3 is 0 Å². The summed E-state index contributed by atoms with van der Waals surface area (Å²) < 4.78 is 20.1. The van der Waals surface area contributed by atoms with Crippen LogP contribution in [0.4, 0.5) is 20.6 Å². The molecule has 2 aromatic rings. The van der Waals surface area contributed by atoms with E-state index in [9.17, 15) is 14.4 Å². The fraction of sp³-hybridized carbons (Fsp3) is 0.346. The van der Waals surface area contributed by atoms with Crippen LogP contribution in [0.2, 0.25) is 0 Å². The Bertz CT molecular complexity index is 1230. The molecule has 1 unspecified atom stereocenters. The second-order valence-electron chi connectivity index (χ2n) is 9.45. The molecule has 3 amide bonds. The molecule has 0 bridgehead atoms. The van der Waals surface area contributed by atoms with E-state index in [-0.39, 0.29) is 21.9 Å². The van der Waals surface area contributed by atoms with Gasteiger partial charge in [-0.15, -0.1) is 0 Å². The molecule has 1 fully saturated rings. The number of benzene rings is 2. The lowest BCUT2D eigenvalue weighted by Crippen LogP contribution is -2.45. The highest BCUT2D eigenvalue weighted by Crippen LogP contribution is 2.44. The Balaban J connectivity index is 1.52. The van der Waals surface area contributed by atoms with Crippen molar-refractivity contribution in [3.63, 3.8) is 0 Å². The molecule has 1 saturated heterocycles. The third-order valence-electron chi connectivity index (χ3n) is 6.59. The minimum atomic E-state index is -0.617. The Labute approximate surface area is 208 Å². The Kier molecular flexibility index (Phi) is 6.64. The molecule has 4 rings (SSSR count). The summed E-state index contributed by atoms with van der Waals surface area (Å²) in [6.07, 6.45) is 2.30. The standard InChI is InChI=1S/C26H28FN3O4S/c1-15-13-26(2,3)29(4)21-12-20(27)16(10-19(15)21)11-22-24(32)30(25(33)35-22)14-23(31)28-17-6-8-18(34-5)9-7-17/h6-12,15H,13-14H2,1-5H3,(H,28,31)/b22-11+. The minimum Gasteiger partial charge on any atom is -0.497 e. The summed E-state index contributed by atoms with van der Waals surface area (Å²) in [5, 5.41) is 2.08. The first-order valence-electron chi connectivity index (χ1n) is 11.3. The van der Waals surface area contributed by atoms with Crippen LogP contribution in [0.3, 0.4) is 0 Å². The van der Waals surface area contributed by atoms with E-state index in [1.54, 1.807) is 30.3 Å². The lowest BCUT2D eigenvalue weighted by molar-refractivity contribution is -0.127. The predicted molar refractivity (Wildman–Crippen MR) is 136 cm³/mol. The summed E-state index contributed by atoms with van der Waals surface area (Å²) in [5.41, 5.74) is 2.48. The summed E-state index contributed by atoms with van der Waals surface area (Å²) in [7, 11) is 3.49. The lowest BCUT2D eigenvalue weighted by atomic mass is 9.80. The van der Waals surface area contributed by atoms with E-state index >= 15 is 4.39 Å². The van der Waals surface area contributed by atoms with Crippen molar-refractivity contribution in [1.29, 1.82) is 0 Å². The number of anilines is 2. The van der Waals surface area contributed by atoms with Gasteiger partial charge in [0, 0.05) is 29.5 Å². The number of hydrogen-bond donors (Lipinski definition) is 1. The molecule has 0 aromatic heterocycles. The van der Waals surface area contributed by atoms with Crippen LogP contribution in [0.15, 0.2) is 41.3 Å². The van der Waals surface area contributed by atoms with E-state index in [1.165, 1.54) is 19.3 Å². The van der Waals surface area contributed by atoms with Crippen LogP contribution in [0.5, 0.6) is 5.75 Å². The van der Waals surface area contributed by atoms with Crippen molar-refractivity contribution in [3.8, 4) is 5.75 Å². The number of methoxy groups -OCH3 is 1. The fourth-order valence-corrected chi connectivity index (χ4v) is 5.34. The SMILES string of the molecule is COc1ccc(NC(=O)CN2C(=O)S/C(=C/c3cc4c(cc3F)N(C)C(C)(C)CC4C)C2=O)cc1. The van der Waals surface area contributed by atoms with Gasteiger partial charge in [-0.2, -0.15) is 0 Å². The third kappa shape index (κ3) is 4.91. The van der Waals surface area contributed by atoms with Crippen molar-refractivity contribution < 1.29 is 23.5 Å². The van der Waals surface area contributed by atoms with Crippen LogP contribution in [-0.2, 0) is 9.59 Å². The number of ether oxygens (including phenoxy) is 1. The molecule has 2 heterocycles. The van der Waals surface area contributed by atoms with Crippen molar-refractivity contribution in [2.75, 3.05) is 30.9 Å². The number of rotatable bonds is 5. The Morgan fingerprint density at radius 2 is 1.94 bits per heavy atom. The Hall–Kier alpha value is -3.33. The predicted octanol–water partition coefficient (Wildman–Crippen LogP) is 5.23. The molecule has 1 N–H and O–H groups in total. The number of amides is 3. The van der Waals surface area contributed by atoms with E-state index in [2.05, 4.69) is 31.0 Å². The van der Waals surface area contributed by atoms with Crippen LogP contribution in [0.1, 0.15) is 44.2 Å². The number of carbonyl (C=O) groups is 3. The number of imide groups is 1. The summed E-state index contributed by atoms with van der Waals surface area (Å²) in [4.78, 5) is 40.8. The van der Waals surface area contributed by atoms with Gasteiger partial charge in [0.2, 0.25) is 5.91 Å². The molecule has 2 aromatic carbocycles. The first-order chi connectivity index (χ1) is 16.5. The fourth-order valence-electron chi connectivity index (χ4n) is 4.51. The highest BCUT2D eigenvalue weighted by molar-refractivity contribution is 8.18. The van der Waals surface area contributed by atoms with E-state index in [0.717, 1.165) is 22.6 Å². The van der Waals surface area contributed by atoms with Crippen LogP contribution in [0, 0.1) is 5.82 Å². The molecule has 2 aliphatic rings. The van der Waals surface area contributed by atoms with Gasteiger partial charge in [0.15, 0.2) is 0 Å². The molecule has 7 nitrogen and oxygen atoms in total. The van der Waals surface area contributed by atoms with Gasteiger partial charge in [0.1, 0.15) is 18.1 Å². The first kappa shape index (κ1) is 24.8. The summed E-state index contributed by atoms with van der Waals surface area (Å²) in [6, 6.07) is 9.93. The van der Waals surface area contributed by atoms with E-state index in [0.29, 0.717) is 23.2 Å². The molecule has 2 aliphatic heterocycles. The van der Waals surface area contributed by atoms with Crippen molar-refractivity contribution in [3.05, 3.63) is 58.2 Å². The molecule has 0 aliphatic carbocycles. The number of hydrogen-bond acceptors (Lipinski definition) is 6. The van der Waals surface area contributed by atoms with Crippen LogP contribution in [0.25, 0.3) is 6.08 Å². The number of nitrogens with one attached hydrogen (secondary N) is 1. The van der Waals surface area contributed by atoms with Gasteiger partial charge in [-0.05, 0) is 86.0 Å². The van der Waals surface area contributed by atoms with E-state index < -0.39 is 29.4 Å². The maximum Gasteiger partial charge on any atom is 0.294 e. The minimum absolute atomic E-state index is 0.0863. The average Bonchev–Trinajstić information content (AvgIpc) is 3.06. The number of halogens is 1. The summed E-state index contributed by atoms with van der Waals surface area (Å²) in [6.45, 7) is 5.92. The lowest BCUT2D eigenvalue weighted by Gasteiger charge is -2.45. The molecule has 1 atom stereocenters. The highest BCUT2D eigenvalue weighted by Gasteiger charge is 2.38. The molecule has 184 valence electrons. The monoisotopic (exact) mass is 497 g/mol. The van der Waals surface area contributed by atoms with Gasteiger partial charge in [0.05, 0.1) is 12.0 Å². The average molecular weight is 498 g/mol.